The lowest BCUT2D eigenvalue weighted by atomic mass is 10.1. The minimum absolute atomic E-state index is 0.0413. The van der Waals surface area contributed by atoms with E-state index in [0.29, 0.717) is 11.6 Å². The zero-order valence-corrected chi connectivity index (χ0v) is 13.7. The Labute approximate surface area is 124 Å². The van der Waals surface area contributed by atoms with Gasteiger partial charge in [-0.2, -0.15) is 5.10 Å². The van der Waals surface area contributed by atoms with Gasteiger partial charge in [0.25, 0.3) is 0 Å². The SMILES string of the molecule is Cc1cc(C(N)Cc2c(C)nn(C)c2Cl)sc1Br. The number of aromatic nitrogens is 2. The standard InChI is InChI=1S/C12H15BrClN3S/c1-6-4-10(18-11(6)13)9(15)5-8-7(2)16-17(3)12(8)14/h4,9H,5,15H2,1-3H3. The van der Waals surface area contributed by atoms with E-state index in [9.17, 15) is 0 Å². The third-order valence-electron chi connectivity index (χ3n) is 2.94. The zero-order chi connectivity index (χ0) is 13.4. The van der Waals surface area contributed by atoms with Crippen LogP contribution in [0.5, 0.6) is 0 Å². The quantitative estimate of drug-likeness (QED) is 0.918. The van der Waals surface area contributed by atoms with E-state index in [4.69, 9.17) is 17.3 Å². The van der Waals surface area contributed by atoms with Gasteiger partial charge in [0, 0.05) is 23.5 Å². The van der Waals surface area contributed by atoms with Crippen molar-refractivity contribution in [3.05, 3.63) is 36.7 Å². The molecule has 18 heavy (non-hydrogen) atoms. The Morgan fingerprint density at radius 3 is 2.67 bits per heavy atom. The summed E-state index contributed by atoms with van der Waals surface area (Å²) in [5.74, 6) is 0. The lowest BCUT2D eigenvalue weighted by Gasteiger charge is -2.09. The highest BCUT2D eigenvalue weighted by molar-refractivity contribution is 9.11. The van der Waals surface area contributed by atoms with Gasteiger partial charge in [-0.25, -0.2) is 0 Å². The Kier molecular flexibility index (Phi) is 4.16. The highest BCUT2D eigenvalue weighted by atomic mass is 79.9. The first-order chi connectivity index (χ1) is 8.40. The fourth-order valence-electron chi connectivity index (χ4n) is 1.89. The molecule has 0 amide bonds. The van der Waals surface area contributed by atoms with Crippen LogP contribution >= 0.6 is 38.9 Å². The molecule has 2 heterocycles. The molecule has 2 aromatic heterocycles. The van der Waals surface area contributed by atoms with E-state index < -0.39 is 0 Å². The molecule has 0 bridgehead atoms. The van der Waals surface area contributed by atoms with Gasteiger partial charge in [0.15, 0.2) is 0 Å². The average molecular weight is 349 g/mol. The van der Waals surface area contributed by atoms with Gasteiger partial charge < -0.3 is 5.73 Å². The predicted molar refractivity (Wildman–Crippen MR) is 80.3 cm³/mol. The molecule has 2 aromatic rings. The molecular formula is C12H15BrClN3S. The molecule has 0 spiro atoms. The molecule has 0 radical (unpaired) electrons. The Bertz CT molecular complexity index is 557. The smallest absolute Gasteiger partial charge is 0.130 e. The molecule has 0 aromatic carbocycles. The predicted octanol–water partition coefficient (Wildman–Crippen LogP) is 3.76. The summed E-state index contributed by atoms with van der Waals surface area (Å²) in [5.41, 5.74) is 9.46. The van der Waals surface area contributed by atoms with Gasteiger partial charge in [-0.05, 0) is 47.8 Å². The van der Waals surface area contributed by atoms with Crippen molar-refractivity contribution in [1.82, 2.24) is 9.78 Å². The van der Waals surface area contributed by atoms with Gasteiger partial charge in [-0.3, -0.25) is 4.68 Å². The third-order valence-corrected chi connectivity index (χ3v) is 5.68. The molecule has 3 nitrogen and oxygen atoms in total. The summed E-state index contributed by atoms with van der Waals surface area (Å²) in [6, 6.07) is 2.08. The van der Waals surface area contributed by atoms with E-state index >= 15 is 0 Å². The van der Waals surface area contributed by atoms with Crippen molar-refractivity contribution >= 4 is 38.9 Å². The second kappa shape index (κ2) is 5.33. The van der Waals surface area contributed by atoms with Crippen molar-refractivity contribution in [3.63, 3.8) is 0 Å². The molecule has 0 aliphatic rings. The molecule has 6 heteroatoms. The van der Waals surface area contributed by atoms with Crippen LogP contribution in [0.25, 0.3) is 0 Å². The number of rotatable bonds is 3. The Balaban J connectivity index is 2.23. The van der Waals surface area contributed by atoms with Gasteiger partial charge in [0.2, 0.25) is 0 Å². The normalized spacial score (nSPS) is 13.0. The fourth-order valence-corrected chi connectivity index (χ4v) is 3.72. The number of halogens is 2. The van der Waals surface area contributed by atoms with Crippen LogP contribution in [0.15, 0.2) is 9.85 Å². The van der Waals surface area contributed by atoms with Crippen molar-refractivity contribution in [2.45, 2.75) is 26.3 Å². The minimum Gasteiger partial charge on any atom is -0.323 e. The monoisotopic (exact) mass is 347 g/mol. The van der Waals surface area contributed by atoms with Crippen LogP contribution in [0.4, 0.5) is 0 Å². The molecule has 2 rings (SSSR count). The van der Waals surface area contributed by atoms with E-state index in [2.05, 4.69) is 34.0 Å². The Hall–Kier alpha value is -0.360. The first-order valence-corrected chi connectivity index (χ1v) is 7.58. The van der Waals surface area contributed by atoms with Crippen molar-refractivity contribution in [3.8, 4) is 0 Å². The summed E-state index contributed by atoms with van der Waals surface area (Å²) in [6.07, 6.45) is 0.713. The Morgan fingerprint density at radius 1 is 1.56 bits per heavy atom. The number of nitrogens with zero attached hydrogens (tertiary/aromatic N) is 2. The largest absolute Gasteiger partial charge is 0.323 e. The minimum atomic E-state index is -0.0413. The van der Waals surface area contributed by atoms with Crippen LogP contribution in [-0.4, -0.2) is 9.78 Å². The van der Waals surface area contributed by atoms with Crippen molar-refractivity contribution in [1.29, 1.82) is 0 Å². The molecule has 0 fully saturated rings. The molecule has 1 atom stereocenters. The van der Waals surface area contributed by atoms with E-state index in [1.807, 2.05) is 14.0 Å². The maximum absolute atomic E-state index is 6.25. The average Bonchev–Trinajstić information content (AvgIpc) is 2.75. The van der Waals surface area contributed by atoms with Crippen LogP contribution < -0.4 is 5.73 Å². The highest BCUT2D eigenvalue weighted by Crippen LogP contribution is 2.33. The number of hydrogen-bond acceptors (Lipinski definition) is 3. The van der Waals surface area contributed by atoms with E-state index in [0.717, 1.165) is 15.0 Å². The maximum Gasteiger partial charge on any atom is 0.130 e. The second-order valence-electron chi connectivity index (χ2n) is 4.39. The summed E-state index contributed by atoms with van der Waals surface area (Å²) in [6.45, 7) is 4.03. The van der Waals surface area contributed by atoms with Gasteiger partial charge in [-0.1, -0.05) is 11.6 Å². The molecule has 0 saturated carbocycles. The maximum atomic E-state index is 6.25. The first kappa shape index (κ1) is 14.1. The summed E-state index contributed by atoms with van der Waals surface area (Å²) in [5, 5.41) is 4.98. The van der Waals surface area contributed by atoms with Crippen LogP contribution in [0, 0.1) is 13.8 Å². The third kappa shape index (κ3) is 2.64. The van der Waals surface area contributed by atoms with Crippen molar-refractivity contribution in [2.75, 3.05) is 0 Å². The summed E-state index contributed by atoms with van der Waals surface area (Å²) in [4.78, 5) is 1.17. The van der Waals surface area contributed by atoms with Crippen molar-refractivity contribution < 1.29 is 0 Å². The summed E-state index contributed by atoms with van der Waals surface area (Å²) < 4.78 is 2.83. The molecule has 2 N–H and O–H groups in total. The topological polar surface area (TPSA) is 43.8 Å². The molecule has 1 unspecified atom stereocenters. The van der Waals surface area contributed by atoms with Crippen LogP contribution in [0.3, 0.4) is 0 Å². The van der Waals surface area contributed by atoms with Crippen LogP contribution in [0.2, 0.25) is 5.15 Å². The first-order valence-electron chi connectivity index (χ1n) is 5.59. The summed E-state index contributed by atoms with van der Waals surface area (Å²) >= 11 is 11.4. The molecule has 98 valence electrons. The zero-order valence-electron chi connectivity index (χ0n) is 10.5. The lowest BCUT2D eigenvalue weighted by molar-refractivity contribution is 0.731. The molecule has 0 aliphatic carbocycles. The van der Waals surface area contributed by atoms with Crippen molar-refractivity contribution in [2.24, 2.45) is 12.8 Å². The van der Waals surface area contributed by atoms with Gasteiger partial charge in [0.05, 0.1) is 9.48 Å². The number of thiophene rings is 1. The number of nitrogens with two attached hydrogens (primary N) is 1. The molecular weight excluding hydrogens is 334 g/mol. The van der Waals surface area contributed by atoms with E-state index in [1.165, 1.54) is 10.4 Å². The van der Waals surface area contributed by atoms with Gasteiger partial charge in [0.1, 0.15) is 5.15 Å². The summed E-state index contributed by atoms with van der Waals surface area (Å²) in [7, 11) is 1.84. The lowest BCUT2D eigenvalue weighted by Crippen LogP contribution is -2.12. The molecule has 0 aliphatic heterocycles. The fraction of sp³-hybridized carbons (Fsp3) is 0.417. The second-order valence-corrected chi connectivity index (χ2v) is 7.15. The number of hydrogen-bond donors (Lipinski definition) is 1. The van der Waals surface area contributed by atoms with E-state index in [1.54, 1.807) is 16.0 Å². The van der Waals surface area contributed by atoms with E-state index in [-0.39, 0.29) is 6.04 Å². The Morgan fingerprint density at radius 2 is 2.22 bits per heavy atom. The number of aryl methyl sites for hydroxylation is 3. The highest BCUT2D eigenvalue weighted by Gasteiger charge is 2.17. The van der Waals surface area contributed by atoms with Crippen LogP contribution in [0.1, 0.15) is 27.7 Å². The molecule has 0 saturated heterocycles. The van der Waals surface area contributed by atoms with Gasteiger partial charge in [-0.15, -0.1) is 11.3 Å². The van der Waals surface area contributed by atoms with Gasteiger partial charge >= 0.3 is 0 Å². The van der Waals surface area contributed by atoms with Crippen LogP contribution in [-0.2, 0) is 13.5 Å².